The smallest absolute Gasteiger partial charge is 0.135 e. The molecule has 10 aromatic carbocycles. The monoisotopic (exact) mass is 713 g/mol. The minimum Gasteiger partial charge on any atom is -0.456 e. The fourth-order valence-electron chi connectivity index (χ4n) is 8.59. The number of rotatable bonds is 6. The summed E-state index contributed by atoms with van der Waals surface area (Å²) in [7, 11) is 0. The second kappa shape index (κ2) is 13.2. The summed E-state index contributed by atoms with van der Waals surface area (Å²) in [5.74, 6) is 0. The molecule has 0 amide bonds. The molecule has 0 saturated heterocycles. The first kappa shape index (κ1) is 32.0. The van der Waals surface area contributed by atoms with Crippen molar-refractivity contribution in [3.63, 3.8) is 0 Å². The predicted molar refractivity (Wildman–Crippen MR) is 237 cm³/mol. The van der Waals surface area contributed by atoms with Gasteiger partial charge in [-0.3, -0.25) is 0 Å². The van der Waals surface area contributed by atoms with Crippen molar-refractivity contribution in [1.29, 1.82) is 0 Å². The maximum absolute atomic E-state index is 6.33. The second-order valence-electron chi connectivity index (χ2n) is 14.5. The van der Waals surface area contributed by atoms with Crippen molar-refractivity contribution < 1.29 is 4.42 Å². The molecule has 0 bridgehead atoms. The highest BCUT2D eigenvalue weighted by atomic mass is 16.3. The van der Waals surface area contributed by atoms with Gasteiger partial charge in [-0.15, -0.1) is 0 Å². The van der Waals surface area contributed by atoms with E-state index in [0.29, 0.717) is 0 Å². The highest BCUT2D eigenvalue weighted by Gasteiger charge is 2.21. The Morgan fingerprint density at radius 3 is 1.73 bits per heavy atom. The average Bonchev–Trinajstić information content (AvgIpc) is 3.65. The van der Waals surface area contributed by atoms with E-state index in [0.717, 1.165) is 55.7 Å². The topological polar surface area (TPSA) is 16.4 Å². The van der Waals surface area contributed by atoms with Crippen molar-refractivity contribution in [2.24, 2.45) is 0 Å². The lowest BCUT2D eigenvalue weighted by Gasteiger charge is -2.29. The minimum absolute atomic E-state index is 0.876. The molecule has 0 fully saturated rings. The SMILES string of the molecule is c1ccc(-c2ccc(-c3cc4ccccc4c4ccccc34)cc2N(c2ccc(-c3cccc4ccccc34)cc2)c2ccc3oc4ccccc4c3c2)cc1. The van der Waals surface area contributed by atoms with Crippen molar-refractivity contribution in [1.82, 2.24) is 0 Å². The molecule has 1 heterocycles. The van der Waals surface area contributed by atoms with Gasteiger partial charge in [-0.25, -0.2) is 0 Å². The Bertz CT molecular complexity index is 3240. The van der Waals surface area contributed by atoms with E-state index in [2.05, 4.69) is 205 Å². The van der Waals surface area contributed by atoms with Gasteiger partial charge in [0.05, 0.1) is 5.69 Å². The first-order valence-corrected chi connectivity index (χ1v) is 19.2. The van der Waals surface area contributed by atoms with E-state index >= 15 is 0 Å². The molecule has 262 valence electrons. The Balaban J connectivity index is 1.17. The largest absolute Gasteiger partial charge is 0.456 e. The fourth-order valence-corrected chi connectivity index (χ4v) is 8.59. The molecule has 11 aromatic rings. The normalized spacial score (nSPS) is 11.6. The predicted octanol–water partition coefficient (Wildman–Crippen LogP) is 15.5. The van der Waals surface area contributed by atoms with Crippen molar-refractivity contribution >= 4 is 71.3 Å². The van der Waals surface area contributed by atoms with E-state index in [-0.39, 0.29) is 0 Å². The number of hydrogen-bond donors (Lipinski definition) is 0. The van der Waals surface area contributed by atoms with Crippen LogP contribution in [-0.4, -0.2) is 0 Å². The average molecular weight is 714 g/mol. The van der Waals surface area contributed by atoms with Gasteiger partial charge in [-0.1, -0.05) is 164 Å². The molecular formula is C54H35NO. The second-order valence-corrected chi connectivity index (χ2v) is 14.5. The fraction of sp³-hybridized carbons (Fsp3) is 0. The third-order valence-electron chi connectivity index (χ3n) is 11.2. The summed E-state index contributed by atoms with van der Waals surface area (Å²) in [5, 5.41) is 9.67. The third kappa shape index (κ3) is 5.34. The van der Waals surface area contributed by atoms with Crippen molar-refractivity contribution in [2.75, 3.05) is 4.90 Å². The number of fused-ring (bicyclic) bond motifs is 7. The summed E-state index contributed by atoms with van der Waals surface area (Å²) in [6.07, 6.45) is 0. The molecule has 56 heavy (non-hydrogen) atoms. The molecule has 0 radical (unpaired) electrons. The van der Waals surface area contributed by atoms with E-state index in [1.54, 1.807) is 0 Å². The van der Waals surface area contributed by atoms with Gasteiger partial charge in [0.2, 0.25) is 0 Å². The molecule has 0 aliphatic heterocycles. The Labute approximate surface area is 325 Å². The Kier molecular flexibility index (Phi) is 7.53. The van der Waals surface area contributed by atoms with Crippen LogP contribution < -0.4 is 4.90 Å². The molecule has 0 N–H and O–H groups in total. The molecule has 1 aromatic heterocycles. The standard InChI is InChI=1S/C54H35NO/c1-2-13-37(14-3-1)46-31-27-40(50-33-39-16-5-7-19-45(39)47-20-8-9-21-48(47)50)34-52(46)55(42-30-32-54-51(35-42)49-22-10-11-24-53(49)56-54)41-28-25-38(26-29-41)44-23-12-17-36-15-4-6-18-43(36)44/h1-35H. The lowest BCUT2D eigenvalue weighted by atomic mass is 9.91. The number of anilines is 3. The molecule has 0 atom stereocenters. The lowest BCUT2D eigenvalue weighted by Crippen LogP contribution is -2.11. The van der Waals surface area contributed by atoms with Gasteiger partial charge in [0.15, 0.2) is 0 Å². The van der Waals surface area contributed by atoms with Crippen LogP contribution in [0.3, 0.4) is 0 Å². The highest BCUT2D eigenvalue weighted by molar-refractivity contribution is 6.14. The maximum atomic E-state index is 6.33. The zero-order valence-corrected chi connectivity index (χ0v) is 30.6. The summed E-state index contributed by atoms with van der Waals surface area (Å²) < 4.78 is 6.33. The zero-order chi connectivity index (χ0) is 37.0. The van der Waals surface area contributed by atoms with Gasteiger partial charge in [0.25, 0.3) is 0 Å². The van der Waals surface area contributed by atoms with Crippen LogP contribution in [-0.2, 0) is 0 Å². The van der Waals surface area contributed by atoms with Crippen LogP contribution in [0, 0.1) is 0 Å². The van der Waals surface area contributed by atoms with Gasteiger partial charge in [0.1, 0.15) is 11.2 Å². The van der Waals surface area contributed by atoms with Crippen LogP contribution in [0.15, 0.2) is 217 Å². The molecular weight excluding hydrogens is 679 g/mol. The molecule has 11 rings (SSSR count). The van der Waals surface area contributed by atoms with Crippen molar-refractivity contribution in [2.45, 2.75) is 0 Å². The number of furan rings is 1. The molecule has 0 spiro atoms. The summed E-state index contributed by atoms with van der Waals surface area (Å²) in [6, 6.07) is 76.7. The van der Waals surface area contributed by atoms with Crippen LogP contribution in [0.4, 0.5) is 17.1 Å². The van der Waals surface area contributed by atoms with Gasteiger partial charge in [-0.2, -0.15) is 0 Å². The van der Waals surface area contributed by atoms with Crippen molar-refractivity contribution in [3.05, 3.63) is 212 Å². The summed E-state index contributed by atoms with van der Waals surface area (Å²) >= 11 is 0. The van der Waals surface area contributed by atoms with Crippen LogP contribution in [0.25, 0.3) is 87.6 Å². The van der Waals surface area contributed by atoms with Crippen molar-refractivity contribution in [3.8, 4) is 33.4 Å². The highest BCUT2D eigenvalue weighted by Crippen LogP contribution is 2.46. The molecule has 0 saturated carbocycles. The number of benzene rings is 10. The van der Waals surface area contributed by atoms with Crippen LogP contribution >= 0.6 is 0 Å². The lowest BCUT2D eigenvalue weighted by molar-refractivity contribution is 0.669. The first-order chi connectivity index (χ1) is 27.8. The van der Waals surface area contributed by atoms with E-state index in [1.807, 2.05) is 12.1 Å². The van der Waals surface area contributed by atoms with E-state index in [4.69, 9.17) is 4.42 Å². The van der Waals surface area contributed by atoms with E-state index in [1.165, 1.54) is 49.0 Å². The maximum Gasteiger partial charge on any atom is 0.135 e. The van der Waals surface area contributed by atoms with Gasteiger partial charge >= 0.3 is 0 Å². The molecule has 0 unspecified atom stereocenters. The Morgan fingerprint density at radius 2 is 0.893 bits per heavy atom. The van der Waals surface area contributed by atoms with Crippen LogP contribution in [0.5, 0.6) is 0 Å². The summed E-state index contributed by atoms with van der Waals surface area (Å²) in [4.78, 5) is 2.42. The third-order valence-corrected chi connectivity index (χ3v) is 11.2. The quantitative estimate of drug-likeness (QED) is 0.160. The first-order valence-electron chi connectivity index (χ1n) is 19.2. The van der Waals surface area contributed by atoms with Gasteiger partial charge in [0, 0.05) is 27.7 Å². The molecule has 0 aliphatic carbocycles. The summed E-state index contributed by atoms with van der Waals surface area (Å²) in [6.45, 7) is 0. The number of nitrogens with zero attached hydrogens (tertiary/aromatic N) is 1. The van der Waals surface area contributed by atoms with E-state index < -0.39 is 0 Å². The van der Waals surface area contributed by atoms with Gasteiger partial charge < -0.3 is 9.32 Å². The molecule has 2 nitrogen and oxygen atoms in total. The summed E-state index contributed by atoms with van der Waals surface area (Å²) in [5.41, 5.74) is 12.1. The van der Waals surface area contributed by atoms with Gasteiger partial charge in [-0.05, 0) is 109 Å². The van der Waals surface area contributed by atoms with E-state index in [9.17, 15) is 0 Å². The number of hydrogen-bond acceptors (Lipinski definition) is 2. The zero-order valence-electron chi connectivity index (χ0n) is 30.6. The Morgan fingerprint density at radius 1 is 0.286 bits per heavy atom. The number of para-hydroxylation sites is 1. The molecule has 2 heteroatoms. The van der Waals surface area contributed by atoms with Crippen LogP contribution in [0.1, 0.15) is 0 Å². The van der Waals surface area contributed by atoms with Crippen LogP contribution in [0.2, 0.25) is 0 Å². The Hall–Kier alpha value is -7.42. The molecule has 0 aliphatic rings. The minimum atomic E-state index is 0.876.